The molecule has 0 fully saturated rings. The molecule has 0 aliphatic carbocycles. The highest BCUT2D eigenvalue weighted by Gasteiger charge is 2.19. The number of carbonyl (C=O) groups is 3. The smallest absolute Gasteiger partial charge is 0.306 e. The molecule has 0 spiro atoms. The van der Waals surface area contributed by atoms with Crippen molar-refractivity contribution in [2.45, 2.75) is 406 Å². The molecule has 0 amide bonds. The van der Waals surface area contributed by atoms with Crippen LogP contribution in [0, 0.1) is 0 Å². The predicted molar refractivity (Wildman–Crippen MR) is 340 cm³/mol. The van der Waals surface area contributed by atoms with Crippen molar-refractivity contribution in [2.24, 2.45) is 0 Å². The number of esters is 3. The van der Waals surface area contributed by atoms with Crippen LogP contribution >= 0.6 is 0 Å². The van der Waals surface area contributed by atoms with Crippen LogP contribution in [0.4, 0.5) is 0 Å². The van der Waals surface area contributed by atoms with Crippen molar-refractivity contribution in [3.63, 3.8) is 0 Å². The maximum absolute atomic E-state index is 12.9. The van der Waals surface area contributed by atoms with Crippen LogP contribution in [0.15, 0.2) is 24.3 Å². The molecule has 1 unspecified atom stereocenters. The van der Waals surface area contributed by atoms with E-state index in [1.165, 1.54) is 295 Å². The summed E-state index contributed by atoms with van der Waals surface area (Å²) in [7, 11) is 0. The van der Waals surface area contributed by atoms with E-state index in [-0.39, 0.29) is 31.1 Å². The lowest BCUT2D eigenvalue weighted by molar-refractivity contribution is -0.167. The average Bonchev–Trinajstić information content (AvgIpc) is 3.44. The molecule has 0 heterocycles. The van der Waals surface area contributed by atoms with E-state index in [2.05, 4.69) is 45.1 Å². The van der Waals surface area contributed by atoms with Crippen LogP contribution in [0.25, 0.3) is 0 Å². The van der Waals surface area contributed by atoms with Gasteiger partial charge in [0, 0.05) is 19.3 Å². The summed E-state index contributed by atoms with van der Waals surface area (Å²) in [6.45, 7) is 6.64. The lowest BCUT2D eigenvalue weighted by Crippen LogP contribution is -2.30. The van der Waals surface area contributed by atoms with Crippen LogP contribution in [0.2, 0.25) is 0 Å². The van der Waals surface area contributed by atoms with Gasteiger partial charge in [-0.25, -0.2) is 0 Å². The molecule has 0 saturated heterocycles. The Kier molecular flexibility index (Phi) is 65.6. The molecule has 0 bridgehead atoms. The van der Waals surface area contributed by atoms with Crippen molar-refractivity contribution in [1.29, 1.82) is 0 Å². The third kappa shape index (κ3) is 64.7. The van der Waals surface area contributed by atoms with Gasteiger partial charge in [0.2, 0.25) is 0 Å². The summed E-state index contributed by atoms with van der Waals surface area (Å²) in [5.41, 5.74) is 0. The van der Waals surface area contributed by atoms with Gasteiger partial charge in [-0.05, 0) is 51.4 Å². The lowest BCUT2D eigenvalue weighted by Gasteiger charge is -2.18. The van der Waals surface area contributed by atoms with Crippen LogP contribution in [-0.2, 0) is 28.6 Å². The molecule has 6 nitrogen and oxygen atoms in total. The first kappa shape index (κ1) is 75.9. The summed E-state index contributed by atoms with van der Waals surface area (Å²) in [6.07, 6.45) is 82.6. The highest BCUT2D eigenvalue weighted by atomic mass is 16.6. The molecular formula is C72H136O6. The van der Waals surface area contributed by atoms with Gasteiger partial charge in [-0.1, -0.05) is 353 Å². The third-order valence-corrected chi connectivity index (χ3v) is 16.2. The number of hydrogen-bond acceptors (Lipinski definition) is 6. The molecule has 0 radical (unpaired) electrons. The number of ether oxygens (including phenoxy) is 3. The van der Waals surface area contributed by atoms with Crippen molar-refractivity contribution in [2.75, 3.05) is 13.2 Å². The number of hydrogen-bond donors (Lipinski definition) is 0. The molecule has 0 saturated carbocycles. The van der Waals surface area contributed by atoms with Crippen LogP contribution in [0.3, 0.4) is 0 Å². The van der Waals surface area contributed by atoms with Gasteiger partial charge in [0.25, 0.3) is 0 Å². The second-order valence-corrected chi connectivity index (χ2v) is 24.2. The van der Waals surface area contributed by atoms with Crippen molar-refractivity contribution >= 4 is 17.9 Å². The lowest BCUT2D eigenvalue weighted by atomic mass is 10.0. The normalized spacial score (nSPS) is 12.1. The average molecular weight is 1100 g/mol. The SMILES string of the molecule is CCCCCCC/C=C\C/C=C\CCCCCCCCCCCC(=O)OC(COC(=O)CCCCCCCC)COC(=O)CCCCCCCCCCCCCCCCCCCCCCCCCCCCCCCCCCC. The summed E-state index contributed by atoms with van der Waals surface area (Å²) in [4.78, 5) is 38.1. The van der Waals surface area contributed by atoms with Crippen LogP contribution < -0.4 is 0 Å². The van der Waals surface area contributed by atoms with Gasteiger partial charge in [-0.2, -0.15) is 0 Å². The van der Waals surface area contributed by atoms with E-state index in [0.29, 0.717) is 19.3 Å². The summed E-state index contributed by atoms with van der Waals surface area (Å²) in [6, 6.07) is 0. The first-order chi connectivity index (χ1) is 38.5. The Balaban J connectivity index is 3.92. The molecule has 0 aromatic heterocycles. The van der Waals surface area contributed by atoms with Gasteiger partial charge in [0.05, 0.1) is 0 Å². The quantitative estimate of drug-likeness (QED) is 0.0261. The molecule has 0 aromatic rings. The molecule has 1 atom stereocenters. The number of unbranched alkanes of at least 4 members (excludes halogenated alkanes) is 51. The molecule has 78 heavy (non-hydrogen) atoms. The van der Waals surface area contributed by atoms with E-state index in [9.17, 15) is 14.4 Å². The van der Waals surface area contributed by atoms with Crippen molar-refractivity contribution in [3.8, 4) is 0 Å². The Labute approximate surface area is 487 Å². The van der Waals surface area contributed by atoms with Crippen molar-refractivity contribution in [1.82, 2.24) is 0 Å². The molecular weight excluding hydrogens is 961 g/mol. The highest BCUT2D eigenvalue weighted by Crippen LogP contribution is 2.19. The zero-order chi connectivity index (χ0) is 56.4. The van der Waals surface area contributed by atoms with Crippen molar-refractivity contribution in [3.05, 3.63) is 24.3 Å². The molecule has 0 N–H and O–H groups in total. The van der Waals surface area contributed by atoms with Gasteiger partial charge in [-0.3, -0.25) is 14.4 Å². The Morgan fingerprint density at radius 2 is 0.462 bits per heavy atom. The fraction of sp³-hybridized carbons (Fsp3) is 0.903. The second kappa shape index (κ2) is 67.4. The Morgan fingerprint density at radius 1 is 0.256 bits per heavy atom. The largest absolute Gasteiger partial charge is 0.462 e. The monoisotopic (exact) mass is 1100 g/mol. The first-order valence-corrected chi connectivity index (χ1v) is 35.3. The fourth-order valence-electron chi connectivity index (χ4n) is 10.9. The van der Waals surface area contributed by atoms with Gasteiger partial charge in [0.1, 0.15) is 13.2 Å². The summed E-state index contributed by atoms with van der Waals surface area (Å²) in [5, 5.41) is 0. The Morgan fingerprint density at radius 3 is 0.705 bits per heavy atom. The minimum atomic E-state index is -0.768. The highest BCUT2D eigenvalue weighted by molar-refractivity contribution is 5.71. The second-order valence-electron chi connectivity index (χ2n) is 24.2. The van der Waals surface area contributed by atoms with Gasteiger partial charge in [-0.15, -0.1) is 0 Å². The zero-order valence-corrected chi connectivity index (χ0v) is 53.0. The van der Waals surface area contributed by atoms with Crippen LogP contribution in [-0.4, -0.2) is 37.2 Å². The van der Waals surface area contributed by atoms with E-state index < -0.39 is 6.10 Å². The maximum atomic E-state index is 12.9. The number of rotatable bonds is 66. The topological polar surface area (TPSA) is 78.9 Å². The fourth-order valence-corrected chi connectivity index (χ4v) is 10.9. The van der Waals surface area contributed by atoms with E-state index in [0.717, 1.165) is 64.2 Å². The van der Waals surface area contributed by atoms with Crippen LogP contribution in [0.5, 0.6) is 0 Å². The van der Waals surface area contributed by atoms with Crippen LogP contribution in [0.1, 0.15) is 400 Å². The number of allylic oxidation sites excluding steroid dienone is 4. The van der Waals surface area contributed by atoms with Gasteiger partial charge >= 0.3 is 17.9 Å². The molecule has 0 aliphatic rings. The number of carbonyl (C=O) groups excluding carboxylic acids is 3. The predicted octanol–water partition coefficient (Wildman–Crippen LogP) is 24.2. The molecule has 6 heteroatoms. The Bertz CT molecular complexity index is 1260. The summed E-state index contributed by atoms with van der Waals surface area (Å²) < 4.78 is 16.8. The summed E-state index contributed by atoms with van der Waals surface area (Å²) in [5.74, 6) is -0.857. The minimum absolute atomic E-state index is 0.0680. The van der Waals surface area contributed by atoms with Gasteiger partial charge < -0.3 is 14.2 Å². The Hall–Kier alpha value is -2.11. The molecule has 0 rings (SSSR count). The molecule has 0 aromatic carbocycles. The minimum Gasteiger partial charge on any atom is -0.462 e. The van der Waals surface area contributed by atoms with E-state index in [1.807, 2.05) is 0 Å². The standard InChI is InChI=1S/C72H136O6/c1-4-7-10-13-16-18-20-22-24-26-28-30-31-32-33-34-35-36-37-38-39-40-41-43-44-46-48-50-52-54-56-59-62-65-71(74)77-68-69(67-76-70(73)64-61-58-15-12-9-6-3)78-72(75)66-63-60-57-55-53-51-49-47-45-42-29-27-25-23-21-19-17-14-11-8-5-2/h21,23,27,29,69H,4-20,22,24-26,28,30-68H2,1-3H3/b23-21-,29-27-. The third-order valence-electron chi connectivity index (χ3n) is 16.2. The van der Waals surface area contributed by atoms with E-state index in [4.69, 9.17) is 14.2 Å². The first-order valence-electron chi connectivity index (χ1n) is 35.3. The maximum Gasteiger partial charge on any atom is 0.306 e. The molecule has 460 valence electrons. The van der Waals surface area contributed by atoms with Crippen molar-refractivity contribution < 1.29 is 28.6 Å². The van der Waals surface area contributed by atoms with E-state index in [1.54, 1.807) is 0 Å². The summed E-state index contributed by atoms with van der Waals surface area (Å²) >= 11 is 0. The zero-order valence-electron chi connectivity index (χ0n) is 53.0. The van der Waals surface area contributed by atoms with Gasteiger partial charge in [0.15, 0.2) is 6.10 Å². The molecule has 0 aliphatic heterocycles. The van der Waals surface area contributed by atoms with E-state index >= 15 is 0 Å².